The summed E-state index contributed by atoms with van der Waals surface area (Å²) in [6, 6.07) is 8.26. The van der Waals surface area contributed by atoms with Crippen LogP contribution in [0.3, 0.4) is 0 Å². The van der Waals surface area contributed by atoms with Crippen molar-refractivity contribution in [2.45, 2.75) is 32.5 Å². The SMILES string of the molecule is CC(F)CCc1cc2c(NCc3ccccc3F)nc(Cl)nn2c1Cl. The lowest BCUT2D eigenvalue weighted by Gasteiger charge is -2.08. The molecular weight excluding hydrogens is 369 g/mol. The molecule has 0 spiro atoms. The lowest BCUT2D eigenvalue weighted by molar-refractivity contribution is 0.341. The van der Waals surface area contributed by atoms with Crippen LogP contribution in [-0.2, 0) is 13.0 Å². The molecule has 0 saturated heterocycles. The van der Waals surface area contributed by atoms with E-state index in [9.17, 15) is 8.78 Å². The van der Waals surface area contributed by atoms with Crippen molar-refractivity contribution in [3.05, 3.63) is 57.7 Å². The molecule has 0 fully saturated rings. The minimum absolute atomic E-state index is 0.00597. The van der Waals surface area contributed by atoms with E-state index in [0.717, 1.165) is 5.56 Å². The first-order valence-corrected chi connectivity index (χ1v) is 8.56. The summed E-state index contributed by atoms with van der Waals surface area (Å²) in [5.74, 6) is 0.127. The van der Waals surface area contributed by atoms with Gasteiger partial charge in [0, 0.05) is 12.1 Å². The Hall–Kier alpha value is -1.92. The first-order valence-electron chi connectivity index (χ1n) is 7.80. The predicted octanol–water partition coefficient (Wildman–Crippen LogP) is 5.08. The predicted molar refractivity (Wildman–Crippen MR) is 95.6 cm³/mol. The topological polar surface area (TPSA) is 42.2 Å². The fourth-order valence-corrected chi connectivity index (χ4v) is 2.97. The third-order valence-electron chi connectivity index (χ3n) is 3.83. The van der Waals surface area contributed by atoms with E-state index in [1.54, 1.807) is 24.3 Å². The third kappa shape index (κ3) is 4.02. The zero-order valence-electron chi connectivity index (χ0n) is 13.4. The molecule has 0 aliphatic heterocycles. The van der Waals surface area contributed by atoms with Gasteiger partial charge >= 0.3 is 0 Å². The number of halogens is 4. The number of alkyl halides is 1. The molecule has 0 saturated carbocycles. The minimum atomic E-state index is -0.924. The molecule has 0 amide bonds. The maximum Gasteiger partial charge on any atom is 0.243 e. The second kappa shape index (κ2) is 7.54. The molecule has 4 nitrogen and oxygen atoms in total. The summed E-state index contributed by atoms with van der Waals surface area (Å²) in [7, 11) is 0. The fourth-order valence-electron chi connectivity index (χ4n) is 2.53. The standard InChI is InChI=1S/C17H16Cl2F2N4/c1-10(20)6-7-11-8-14-16(23-17(19)24-25(14)15(11)18)22-9-12-4-2-3-5-13(12)21/h2-5,8,10H,6-7,9H2,1H3,(H,22,23,24). The summed E-state index contributed by atoms with van der Waals surface area (Å²) in [6.07, 6.45) is -0.0904. The fraction of sp³-hybridized carbons (Fsp3) is 0.294. The molecule has 2 aromatic heterocycles. The number of hydrogen-bond donors (Lipinski definition) is 1. The molecule has 1 atom stereocenters. The number of hydrogen-bond acceptors (Lipinski definition) is 3. The Bertz CT molecular complexity index is 896. The molecule has 3 rings (SSSR count). The van der Waals surface area contributed by atoms with Gasteiger partial charge in [0.25, 0.3) is 0 Å². The average molecular weight is 385 g/mol. The van der Waals surface area contributed by atoms with Crippen molar-refractivity contribution in [1.29, 1.82) is 0 Å². The highest BCUT2D eigenvalue weighted by Crippen LogP contribution is 2.28. The van der Waals surface area contributed by atoms with Crippen molar-refractivity contribution in [3.63, 3.8) is 0 Å². The molecule has 1 aromatic carbocycles. The molecule has 0 aliphatic rings. The van der Waals surface area contributed by atoms with Gasteiger partial charge in [-0.15, -0.1) is 5.10 Å². The van der Waals surface area contributed by atoms with Crippen molar-refractivity contribution in [1.82, 2.24) is 14.6 Å². The second-order valence-electron chi connectivity index (χ2n) is 5.75. The van der Waals surface area contributed by atoms with Crippen LogP contribution in [0.15, 0.2) is 30.3 Å². The zero-order valence-corrected chi connectivity index (χ0v) is 15.0. The molecule has 1 N–H and O–H groups in total. The molecule has 0 radical (unpaired) electrons. The van der Waals surface area contributed by atoms with E-state index in [1.807, 2.05) is 0 Å². The van der Waals surface area contributed by atoms with Crippen molar-refractivity contribution in [2.24, 2.45) is 0 Å². The summed E-state index contributed by atoms with van der Waals surface area (Å²) in [5, 5.41) is 7.52. The molecule has 0 bridgehead atoms. The second-order valence-corrected chi connectivity index (χ2v) is 6.45. The Morgan fingerprint density at radius 3 is 2.72 bits per heavy atom. The van der Waals surface area contributed by atoms with E-state index < -0.39 is 6.17 Å². The number of nitrogens with one attached hydrogen (secondary N) is 1. The molecule has 0 aliphatic carbocycles. The van der Waals surface area contributed by atoms with E-state index in [1.165, 1.54) is 17.5 Å². The third-order valence-corrected chi connectivity index (χ3v) is 4.40. The van der Waals surface area contributed by atoms with Gasteiger partial charge in [-0.25, -0.2) is 13.3 Å². The zero-order chi connectivity index (χ0) is 18.0. The van der Waals surface area contributed by atoms with Gasteiger partial charge in [0.1, 0.15) is 16.5 Å². The van der Waals surface area contributed by atoms with Gasteiger partial charge in [-0.1, -0.05) is 29.8 Å². The molecule has 132 valence electrons. The number of fused-ring (bicyclic) bond motifs is 1. The van der Waals surface area contributed by atoms with E-state index in [-0.39, 0.29) is 17.6 Å². The normalized spacial score (nSPS) is 12.5. The van der Waals surface area contributed by atoms with E-state index >= 15 is 0 Å². The molecule has 2 heterocycles. The maximum atomic E-state index is 13.8. The van der Waals surface area contributed by atoms with Gasteiger partial charge in [0.15, 0.2) is 5.82 Å². The first kappa shape index (κ1) is 17.9. The summed E-state index contributed by atoms with van der Waals surface area (Å²) in [5.41, 5.74) is 1.86. The van der Waals surface area contributed by atoms with Crippen LogP contribution in [0.4, 0.5) is 14.6 Å². The highest BCUT2D eigenvalue weighted by Gasteiger charge is 2.16. The summed E-state index contributed by atoms with van der Waals surface area (Å²) < 4.78 is 28.3. The van der Waals surface area contributed by atoms with E-state index in [4.69, 9.17) is 23.2 Å². The monoisotopic (exact) mass is 384 g/mol. The molecule has 25 heavy (non-hydrogen) atoms. The average Bonchev–Trinajstić information content (AvgIpc) is 2.88. The molecule has 1 unspecified atom stereocenters. The van der Waals surface area contributed by atoms with Gasteiger partial charge in [-0.05, 0) is 49.1 Å². The number of rotatable bonds is 6. The summed E-state index contributed by atoms with van der Waals surface area (Å²) >= 11 is 12.3. The van der Waals surface area contributed by atoms with Crippen LogP contribution in [-0.4, -0.2) is 20.8 Å². The number of benzene rings is 1. The number of aromatic nitrogens is 3. The first-order chi connectivity index (χ1) is 12.0. The highest BCUT2D eigenvalue weighted by atomic mass is 35.5. The molecular formula is C17H16Cl2F2N4. The Kier molecular flexibility index (Phi) is 5.39. The Labute approximate surface area is 153 Å². The van der Waals surface area contributed by atoms with Gasteiger partial charge < -0.3 is 5.32 Å². The lowest BCUT2D eigenvalue weighted by Crippen LogP contribution is -2.06. The van der Waals surface area contributed by atoms with E-state index in [2.05, 4.69) is 15.4 Å². The Morgan fingerprint density at radius 1 is 1.24 bits per heavy atom. The highest BCUT2D eigenvalue weighted by molar-refractivity contribution is 6.31. The minimum Gasteiger partial charge on any atom is -0.364 e. The van der Waals surface area contributed by atoms with Crippen LogP contribution < -0.4 is 5.32 Å². The smallest absolute Gasteiger partial charge is 0.243 e. The van der Waals surface area contributed by atoms with Crippen LogP contribution in [0.5, 0.6) is 0 Å². The Morgan fingerprint density at radius 2 is 2.00 bits per heavy atom. The van der Waals surface area contributed by atoms with Crippen LogP contribution in [0.1, 0.15) is 24.5 Å². The lowest BCUT2D eigenvalue weighted by atomic mass is 10.1. The number of aryl methyl sites for hydroxylation is 1. The van der Waals surface area contributed by atoms with Crippen molar-refractivity contribution >= 4 is 34.5 Å². The van der Waals surface area contributed by atoms with Crippen LogP contribution in [0, 0.1) is 5.82 Å². The molecule has 3 aromatic rings. The summed E-state index contributed by atoms with van der Waals surface area (Å²) in [6.45, 7) is 1.73. The van der Waals surface area contributed by atoms with Crippen LogP contribution >= 0.6 is 23.2 Å². The van der Waals surface area contributed by atoms with Gasteiger partial charge in [0.2, 0.25) is 5.28 Å². The largest absolute Gasteiger partial charge is 0.364 e. The quantitative estimate of drug-likeness (QED) is 0.644. The number of nitrogens with zero attached hydrogens (tertiary/aromatic N) is 3. The van der Waals surface area contributed by atoms with Crippen LogP contribution in [0.25, 0.3) is 5.52 Å². The van der Waals surface area contributed by atoms with E-state index in [0.29, 0.717) is 34.9 Å². The van der Waals surface area contributed by atoms with Crippen molar-refractivity contribution < 1.29 is 8.78 Å². The van der Waals surface area contributed by atoms with Gasteiger partial charge in [-0.3, -0.25) is 0 Å². The maximum absolute atomic E-state index is 13.8. The Balaban J connectivity index is 1.92. The number of anilines is 1. The van der Waals surface area contributed by atoms with Gasteiger partial charge in [0.05, 0.1) is 6.17 Å². The van der Waals surface area contributed by atoms with Gasteiger partial charge in [-0.2, -0.15) is 4.98 Å². The van der Waals surface area contributed by atoms with Crippen LogP contribution in [0.2, 0.25) is 10.4 Å². The summed E-state index contributed by atoms with van der Waals surface area (Å²) in [4.78, 5) is 4.16. The molecule has 8 heteroatoms. The van der Waals surface area contributed by atoms with Crippen molar-refractivity contribution in [3.8, 4) is 0 Å². The van der Waals surface area contributed by atoms with Crippen molar-refractivity contribution in [2.75, 3.05) is 5.32 Å².